The number of unbranched alkanes of at least 4 members (excludes halogenated alkanes) is 1. The van der Waals surface area contributed by atoms with Gasteiger partial charge in [0.1, 0.15) is 0 Å². The van der Waals surface area contributed by atoms with Gasteiger partial charge in [-0.2, -0.15) is 0 Å². The second kappa shape index (κ2) is 6.83. The first-order valence-electron chi connectivity index (χ1n) is 6.99. The zero-order valence-electron chi connectivity index (χ0n) is 12.2. The molecule has 17 heavy (non-hydrogen) atoms. The van der Waals surface area contributed by atoms with Crippen molar-refractivity contribution in [1.82, 2.24) is 9.55 Å². The van der Waals surface area contributed by atoms with E-state index < -0.39 is 0 Å². The summed E-state index contributed by atoms with van der Waals surface area (Å²) in [5.41, 5.74) is 2.76. The second-order valence-corrected chi connectivity index (χ2v) is 5.99. The Balaban J connectivity index is 2.47. The third kappa shape index (κ3) is 4.93. The van der Waals surface area contributed by atoms with Crippen LogP contribution in [0.4, 0.5) is 0 Å². The van der Waals surface area contributed by atoms with Crippen molar-refractivity contribution in [1.29, 1.82) is 0 Å². The molecule has 2 nitrogen and oxygen atoms in total. The molecule has 0 N–H and O–H groups in total. The molecule has 1 aromatic rings. The fourth-order valence-corrected chi connectivity index (χ4v) is 2.21. The standard InChI is InChI=1S/C15H28N2/c1-12(2)8-6-7-9-14-15(10-13(3)4)17(5)11-16-14/h11-13H,6-10H2,1-5H3. The van der Waals surface area contributed by atoms with E-state index in [2.05, 4.69) is 44.3 Å². The van der Waals surface area contributed by atoms with E-state index in [-0.39, 0.29) is 0 Å². The molecule has 1 heterocycles. The minimum absolute atomic E-state index is 0.708. The van der Waals surface area contributed by atoms with Crippen molar-refractivity contribution in [3.05, 3.63) is 17.7 Å². The molecule has 0 amide bonds. The maximum absolute atomic E-state index is 4.55. The fourth-order valence-electron chi connectivity index (χ4n) is 2.21. The van der Waals surface area contributed by atoms with E-state index in [1.165, 1.54) is 30.7 Å². The van der Waals surface area contributed by atoms with Gasteiger partial charge in [0.25, 0.3) is 0 Å². The summed E-state index contributed by atoms with van der Waals surface area (Å²) in [4.78, 5) is 4.55. The predicted octanol–water partition coefficient (Wildman–Crippen LogP) is 3.99. The Morgan fingerprint density at radius 3 is 2.41 bits per heavy atom. The van der Waals surface area contributed by atoms with Crippen molar-refractivity contribution in [2.24, 2.45) is 18.9 Å². The van der Waals surface area contributed by atoms with Crippen molar-refractivity contribution in [2.75, 3.05) is 0 Å². The van der Waals surface area contributed by atoms with Crippen molar-refractivity contribution in [3.8, 4) is 0 Å². The third-order valence-corrected chi connectivity index (χ3v) is 3.19. The van der Waals surface area contributed by atoms with Crippen molar-refractivity contribution in [3.63, 3.8) is 0 Å². The van der Waals surface area contributed by atoms with Gasteiger partial charge in [-0.25, -0.2) is 4.98 Å². The third-order valence-electron chi connectivity index (χ3n) is 3.19. The number of hydrogen-bond donors (Lipinski definition) is 0. The molecule has 0 saturated heterocycles. The van der Waals surface area contributed by atoms with Crippen LogP contribution in [0.3, 0.4) is 0 Å². The molecule has 0 aliphatic carbocycles. The maximum Gasteiger partial charge on any atom is 0.0949 e. The van der Waals surface area contributed by atoms with E-state index in [4.69, 9.17) is 0 Å². The van der Waals surface area contributed by atoms with Gasteiger partial charge < -0.3 is 4.57 Å². The first-order valence-corrected chi connectivity index (χ1v) is 6.99. The van der Waals surface area contributed by atoms with Gasteiger partial charge in [-0.3, -0.25) is 0 Å². The summed E-state index contributed by atoms with van der Waals surface area (Å²) < 4.78 is 2.19. The number of hydrogen-bond acceptors (Lipinski definition) is 1. The van der Waals surface area contributed by atoms with Gasteiger partial charge in [0, 0.05) is 12.7 Å². The highest BCUT2D eigenvalue weighted by Crippen LogP contribution is 2.16. The Morgan fingerprint density at radius 1 is 1.12 bits per heavy atom. The second-order valence-electron chi connectivity index (χ2n) is 5.99. The lowest BCUT2D eigenvalue weighted by Crippen LogP contribution is -2.04. The van der Waals surface area contributed by atoms with Crippen LogP contribution in [-0.2, 0) is 19.9 Å². The molecular formula is C15H28N2. The van der Waals surface area contributed by atoms with Crippen molar-refractivity contribution >= 4 is 0 Å². The van der Waals surface area contributed by atoms with Gasteiger partial charge in [0.05, 0.1) is 12.0 Å². The van der Waals surface area contributed by atoms with E-state index in [0.717, 1.165) is 18.8 Å². The van der Waals surface area contributed by atoms with Crippen LogP contribution in [0, 0.1) is 11.8 Å². The van der Waals surface area contributed by atoms with Crippen LogP contribution >= 0.6 is 0 Å². The summed E-state index contributed by atoms with van der Waals surface area (Å²) in [5, 5.41) is 0. The lowest BCUT2D eigenvalue weighted by atomic mass is 10.0. The zero-order valence-corrected chi connectivity index (χ0v) is 12.2. The molecule has 1 rings (SSSR count). The van der Waals surface area contributed by atoms with E-state index in [9.17, 15) is 0 Å². The van der Waals surface area contributed by atoms with Crippen LogP contribution < -0.4 is 0 Å². The monoisotopic (exact) mass is 236 g/mol. The summed E-state index contributed by atoms with van der Waals surface area (Å²) in [6, 6.07) is 0. The minimum atomic E-state index is 0.708. The summed E-state index contributed by atoms with van der Waals surface area (Å²) >= 11 is 0. The predicted molar refractivity (Wildman–Crippen MR) is 74.1 cm³/mol. The van der Waals surface area contributed by atoms with Crippen LogP contribution in [0.1, 0.15) is 58.3 Å². The number of imidazole rings is 1. The van der Waals surface area contributed by atoms with Crippen LogP contribution in [-0.4, -0.2) is 9.55 Å². The van der Waals surface area contributed by atoms with Crippen molar-refractivity contribution < 1.29 is 0 Å². The highest BCUT2D eigenvalue weighted by molar-refractivity contribution is 5.13. The SMILES string of the molecule is CC(C)CCCCc1ncn(C)c1CC(C)C. The Kier molecular flexibility index (Phi) is 5.73. The topological polar surface area (TPSA) is 17.8 Å². The van der Waals surface area contributed by atoms with E-state index in [1.54, 1.807) is 0 Å². The summed E-state index contributed by atoms with van der Waals surface area (Å²) in [7, 11) is 2.11. The average Bonchev–Trinajstić information content (AvgIpc) is 2.55. The molecule has 0 saturated carbocycles. The highest BCUT2D eigenvalue weighted by Gasteiger charge is 2.10. The number of aryl methyl sites for hydroxylation is 2. The Hall–Kier alpha value is -0.790. The molecule has 0 aliphatic heterocycles. The summed E-state index contributed by atoms with van der Waals surface area (Å²) in [5.74, 6) is 1.54. The fraction of sp³-hybridized carbons (Fsp3) is 0.800. The summed E-state index contributed by atoms with van der Waals surface area (Å²) in [6.45, 7) is 9.14. The Bertz CT molecular complexity index is 324. The molecule has 0 atom stereocenters. The smallest absolute Gasteiger partial charge is 0.0949 e. The summed E-state index contributed by atoms with van der Waals surface area (Å²) in [6.07, 6.45) is 8.21. The quantitative estimate of drug-likeness (QED) is 0.655. The average molecular weight is 236 g/mol. The van der Waals surface area contributed by atoms with Crippen LogP contribution in [0.2, 0.25) is 0 Å². The largest absolute Gasteiger partial charge is 0.337 e. The van der Waals surface area contributed by atoms with Crippen LogP contribution in [0.15, 0.2) is 6.33 Å². The lowest BCUT2D eigenvalue weighted by molar-refractivity contribution is 0.534. The molecule has 1 aromatic heterocycles. The molecule has 0 aromatic carbocycles. The van der Waals surface area contributed by atoms with Crippen molar-refractivity contribution in [2.45, 2.75) is 59.8 Å². The molecule has 2 heteroatoms. The molecular weight excluding hydrogens is 208 g/mol. The number of rotatable bonds is 7. The number of nitrogens with zero attached hydrogens (tertiary/aromatic N) is 2. The van der Waals surface area contributed by atoms with Gasteiger partial charge in [-0.1, -0.05) is 40.5 Å². The molecule has 0 radical (unpaired) electrons. The normalized spacial score (nSPS) is 11.7. The first kappa shape index (κ1) is 14.3. The Morgan fingerprint density at radius 2 is 1.82 bits per heavy atom. The van der Waals surface area contributed by atoms with Crippen LogP contribution in [0.25, 0.3) is 0 Å². The molecule has 0 aliphatic rings. The lowest BCUT2D eigenvalue weighted by Gasteiger charge is -2.09. The minimum Gasteiger partial charge on any atom is -0.337 e. The molecule has 0 unspecified atom stereocenters. The molecule has 0 fully saturated rings. The maximum atomic E-state index is 4.55. The van der Waals surface area contributed by atoms with Crippen LogP contribution in [0.5, 0.6) is 0 Å². The number of aromatic nitrogens is 2. The van der Waals surface area contributed by atoms with E-state index in [1.807, 2.05) is 6.33 Å². The zero-order chi connectivity index (χ0) is 12.8. The van der Waals surface area contributed by atoms with Gasteiger partial charge in [0.2, 0.25) is 0 Å². The molecule has 98 valence electrons. The van der Waals surface area contributed by atoms with Gasteiger partial charge >= 0.3 is 0 Å². The first-order chi connectivity index (χ1) is 8.00. The van der Waals surface area contributed by atoms with Gasteiger partial charge in [0.15, 0.2) is 0 Å². The highest BCUT2D eigenvalue weighted by atomic mass is 15.0. The van der Waals surface area contributed by atoms with Gasteiger partial charge in [-0.05, 0) is 31.1 Å². The Labute approximate surface area is 106 Å². The van der Waals surface area contributed by atoms with E-state index in [0.29, 0.717) is 5.92 Å². The molecule has 0 spiro atoms. The van der Waals surface area contributed by atoms with E-state index >= 15 is 0 Å². The van der Waals surface area contributed by atoms with Gasteiger partial charge in [-0.15, -0.1) is 0 Å². The molecule has 0 bridgehead atoms.